The monoisotopic (exact) mass is 357 g/mol. The maximum atomic E-state index is 13.8. The van der Waals surface area contributed by atoms with E-state index in [9.17, 15) is 9.18 Å². The minimum atomic E-state index is -0.323. The van der Waals surface area contributed by atoms with Crippen molar-refractivity contribution < 1.29 is 13.9 Å². The van der Waals surface area contributed by atoms with Crippen LogP contribution in [0.2, 0.25) is 0 Å². The molecule has 0 bridgehead atoms. The highest BCUT2D eigenvalue weighted by Crippen LogP contribution is 2.29. The first-order valence-corrected chi connectivity index (χ1v) is 8.91. The summed E-state index contributed by atoms with van der Waals surface area (Å²) in [6.45, 7) is 3.69. The molecule has 0 aliphatic carbocycles. The highest BCUT2D eigenvalue weighted by atomic mass is 19.1. The van der Waals surface area contributed by atoms with E-state index in [-0.39, 0.29) is 18.1 Å². The molecule has 6 heteroatoms. The first kappa shape index (κ1) is 18.5. The lowest BCUT2D eigenvalue weighted by molar-refractivity contribution is -0.131. The number of halogens is 1. The van der Waals surface area contributed by atoms with Crippen LogP contribution < -0.4 is 0 Å². The van der Waals surface area contributed by atoms with Crippen LogP contribution in [0.3, 0.4) is 0 Å². The summed E-state index contributed by atoms with van der Waals surface area (Å²) in [6.07, 6.45) is 3.63. The minimum Gasteiger partial charge on any atom is -0.380 e. The van der Waals surface area contributed by atoms with Crippen molar-refractivity contribution in [2.45, 2.75) is 38.7 Å². The van der Waals surface area contributed by atoms with E-state index in [1.54, 1.807) is 25.3 Å². The van der Waals surface area contributed by atoms with E-state index in [1.807, 2.05) is 18.0 Å². The number of nitrogens with zero attached hydrogens (tertiary/aromatic N) is 3. The molecule has 1 aromatic carbocycles. The molecule has 0 spiro atoms. The fourth-order valence-corrected chi connectivity index (χ4v) is 3.45. The van der Waals surface area contributed by atoms with Crippen LogP contribution in [-0.4, -0.2) is 41.0 Å². The topological polar surface area (TPSA) is 55.3 Å². The Morgan fingerprint density at radius 3 is 2.69 bits per heavy atom. The molecular formula is C20H24FN3O2. The summed E-state index contributed by atoms with van der Waals surface area (Å²) >= 11 is 0. The lowest BCUT2D eigenvalue weighted by atomic mass is 9.90. The zero-order valence-corrected chi connectivity index (χ0v) is 15.2. The molecule has 1 fully saturated rings. The number of hydrogen-bond donors (Lipinski definition) is 0. The maximum absolute atomic E-state index is 13.8. The summed E-state index contributed by atoms with van der Waals surface area (Å²) in [5, 5.41) is 0. The Bertz CT molecular complexity index is 773. The Morgan fingerprint density at radius 2 is 2.00 bits per heavy atom. The average Bonchev–Trinajstić information content (AvgIpc) is 2.65. The van der Waals surface area contributed by atoms with Crippen molar-refractivity contribution in [1.82, 2.24) is 14.9 Å². The van der Waals surface area contributed by atoms with Crippen LogP contribution >= 0.6 is 0 Å². The molecule has 1 aromatic heterocycles. The van der Waals surface area contributed by atoms with Gasteiger partial charge in [0.15, 0.2) is 0 Å². The van der Waals surface area contributed by atoms with Crippen molar-refractivity contribution >= 4 is 5.91 Å². The van der Waals surface area contributed by atoms with Crippen LogP contribution in [0.25, 0.3) is 0 Å². The summed E-state index contributed by atoms with van der Waals surface area (Å²) in [6, 6.07) is 6.45. The number of methoxy groups -OCH3 is 1. The second-order valence-electron chi connectivity index (χ2n) is 6.68. The van der Waals surface area contributed by atoms with Crippen LogP contribution in [-0.2, 0) is 22.6 Å². The number of ether oxygens (including phenoxy) is 1. The molecule has 0 radical (unpaired) electrons. The SMILES string of the molecule is COCc1cnc(C)nc1C1CCN(C(=O)Cc2ccccc2F)CC1. The molecule has 26 heavy (non-hydrogen) atoms. The number of rotatable bonds is 5. The van der Waals surface area contributed by atoms with Crippen molar-refractivity contribution in [2.75, 3.05) is 20.2 Å². The fraction of sp³-hybridized carbons (Fsp3) is 0.450. The number of benzene rings is 1. The Morgan fingerprint density at radius 1 is 1.27 bits per heavy atom. The highest BCUT2D eigenvalue weighted by Gasteiger charge is 2.26. The van der Waals surface area contributed by atoms with Gasteiger partial charge in [-0.15, -0.1) is 0 Å². The van der Waals surface area contributed by atoms with Gasteiger partial charge in [0.25, 0.3) is 0 Å². The summed E-state index contributed by atoms with van der Waals surface area (Å²) in [5.74, 6) is 0.693. The van der Waals surface area contributed by atoms with Gasteiger partial charge in [-0.3, -0.25) is 4.79 Å². The van der Waals surface area contributed by atoms with E-state index in [1.165, 1.54) is 6.07 Å². The lowest BCUT2D eigenvalue weighted by Gasteiger charge is -2.32. The van der Waals surface area contributed by atoms with Crippen LogP contribution in [0, 0.1) is 12.7 Å². The molecule has 0 saturated carbocycles. The maximum Gasteiger partial charge on any atom is 0.227 e. The highest BCUT2D eigenvalue weighted by molar-refractivity contribution is 5.79. The minimum absolute atomic E-state index is 0.0236. The number of carbonyl (C=O) groups excluding carboxylic acids is 1. The van der Waals surface area contributed by atoms with E-state index in [2.05, 4.69) is 9.97 Å². The number of amides is 1. The normalized spacial score (nSPS) is 15.3. The van der Waals surface area contributed by atoms with Gasteiger partial charge in [0.1, 0.15) is 11.6 Å². The van der Waals surface area contributed by atoms with Crippen LogP contribution in [0.15, 0.2) is 30.5 Å². The van der Waals surface area contributed by atoms with Gasteiger partial charge >= 0.3 is 0 Å². The van der Waals surface area contributed by atoms with Gasteiger partial charge in [-0.05, 0) is 31.4 Å². The Balaban J connectivity index is 1.63. The largest absolute Gasteiger partial charge is 0.380 e. The lowest BCUT2D eigenvalue weighted by Crippen LogP contribution is -2.39. The Labute approximate surface area is 153 Å². The van der Waals surface area contributed by atoms with Gasteiger partial charge < -0.3 is 9.64 Å². The third kappa shape index (κ3) is 4.25. The molecule has 1 aliphatic rings. The van der Waals surface area contributed by atoms with Crippen LogP contribution in [0.5, 0.6) is 0 Å². The van der Waals surface area contributed by atoms with E-state index in [4.69, 9.17) is 4.74 Å². The Hall–Kier alpha value is -2.34. The molecule has 5 nitrogen and oxygen atoms in total. The van der Waals surface area contributed by atoms with Crippen molar-refractivity contribution in [3.63, 3.8) is 0 Å². The number of aryl methyl sites for hydroxylation is 1. The molecule has 3 rings (SSSR count). The van der Waals surface area contributed by atoms with Gasteiger partial charge in [0, 0.05) is 37.9 Å². The van der Waals surface area contributed by atoms with E-state index < -0.39 is 0 Å². The zero-order valence-electron chi connectivity index (χ0n) is 15.2. The summed E-state index contributed by atoms with van der Waals surface area (Å²) in [4.78, 5) is 23.2. The van der Waals surface area contributed by atoms with Gasteiger partial charge in [-0.2, -0.15) is 0 Å². The quantitative estimate of drug-likeness (QED) is 0.825. The number of likely N-dealkylation sites (tertiary alicyclic amines) is 1. The van der Waals surface area contributed by atoms with Gasteiger partial charge in [-0.25, -0.2) is 14.4 Å². The first-order valence-electron chi connectivity index (χ1n) is 8.91. The molecular weight excluding hydrogens is 333 g/mol. The summed E-state index contributed by atoms with van der Waals surface area (Å²) in [7, 11) is 1.66. The molecule has 0 unspecified atom stereocenters. The number of piperidine rings is 1. The summed E-state index contributed by atoms with van der Waals surface area (Å²) in [5.41, 5.74) is 2.49. The van der Waals surface area contributed by atoms with E-state index in [0.717, 1.165) is 29.9 Å². The van der Waals surface area contributed by atoms with Crippen molar-refractivity contribution in [3.8, 4) is 0 Å². The van der Waals surface area contributed by atoms with E-state index >= 15 is 0 Å². The fourth-order valence-electron chi connectivity index (χ4n) is 3.45. The number of hydrogen-bond acceptors (Lipinski definition) is 4. The summed E-state index contributed by atoms with van der Waals surface area (Å²) < 4.78 is 19.0. The number of aromatic nitrogens is 2. The molecule has 2 heterocycles. The second kappa shape index (κ2) is 8.36. The molecule has 1 aliphatic heterocycles. The van der Waals surface area contributed by atoms with Gasteiger partial charge in [0.2, 0.25) is 5.91 Å². The van der Waals surface area contributed by atoms with Gasteiger partial charge in [-0.1, -0.05) is 18.2 Å². The second-order valence-corrected chi connectivity index (χ2v) is 6.68. The molecule has 1 saturated heterocycles. The van der Waals surface area contributed by atoms with Crippen LogP contribution in [0.1, 0.15) is 41.4 Å². The van der Waals surface area contributed by atoms with Crippen molar-refractivity contribution in [2.24, 2.45) is 0 Å². The van der Waals surface area contributed by atoms with Crippen molar-refractivity contribution in [1.29, 1.82) is 0 Å². The zero-order chi connectivity index (χ0) is 18.5. The average molecular weight is 357 g/mol. The third-order valence-electron chi connectivity index (χ3n) is 4.85. The Kier molecular flexibility index (Phi) is 5.93. The van der Waals surface area contributed by atoms with Gasteiger partial charge in [0.05, 0.1) is 18.7 Å². The standard InChI is InChI=1S/C20H24FN3O2/c1-14-22-12-17(13-26-2)20(23-14)15-7-9-24(10-8-15)19(25)11-16-5-3-4-6-18(16)21/h3-6,12,15H,7-11,13H2,1-2H3. The molecule has 1 amide bonds. The van der Waals surface area contributed by atoms with Crippen molar-refractivity contribution in [3.05, 3.63) is 58.9 Å². The molecule has 0 atom stereocenters. The smallest absolute Gasteiger partial charge is 0.227 e. The number of carbonyl (C=O) groups is 1. The third-order valence-corrected chi connectivity index (χ3v) is 4.85. The molecule has 0 N–H and O–H groups in total. The molecule has 2 aromatic rings. The molecule has 138 valence electrons. The predicted octanol–water partition coefficient (Wildman–Crippen LogP) is 3.02. The predicted molar refractivity (Wildman–Crippen MR) is 96.1 cm³/mol. The van der Waals surface area contributed by atoms with Crippen LogP contribution in [0.4, 0.5) is 4.39 Å². The first-order chi connectivity index (χ1) is 12.6. The van der Waals surface area contributed by atoms with E-state index in [0.29, 0.717) is 31.2 Å².